The van der Waals surface area contributed by atoms with Crippen LogP contribution in [-0.2, 0) is 9.59 Å². The number of carbonyl (C=O) groups excluding carboxylic acids is 1. The number of carboxylic acids is 1. The quantitative estimate of drug-likeness (QED) is 0.435. The summed E-state index contributed by atoms with van der Waals surface area (Å²) in [6, 6.07) is 0. The zero-order valence-corrected chi connectivity index (χ0v) is 15.9. The Balaban J connectivity index is 2.57. The zero-order valence-electron chi connectivity index (χ0n) is 15.9. The van der Waals surface area contributed by atoms with Gasteiger partial charge in [0, 0.05) is 26.2 Å². The van der Waals surface area contributed by atoms with E-state index in [1.165, 1.54) is 0 Å². The molecule has 0 aromatic heterocycles. The third kappa shape index (κ3) is 6.62. The summed E-state index contributed by atoms with van der Waals surface area (Å²) in [6.45, 7) is 7.69. The molecule has 3 N–H and O–H groups in total. The van der Waals surface area contributed by atoms with E-state index in [0.29, 0.717) is 32.3 Å². The van der Waals surface area contributed by atoms with Crippen molar-refractivity contribution in [3.63, 3.8) is 0 Å². The van der Waals surface area contributed by atoms with E-state index in [2.05, 4.69) is 4.90 Å². The van der Waals surface area contributed by atoms with Crippen LogP contribution in [0.1, 0.15) is 52.4 Å². The first kappa shape index (κ1) is 22.0. The Hall–Kier alpha value is -1.08. The maximum absolute atomic E-state index is 12.6. The van der Waals surface area contributed by atoms with Crippen LogP contribution in [0.3, 0.4) is 0 Å². The molecule has 1 amide bonds. The highest BCUT2D eigenvalue weighted by atomic mass is 16.4. The van der Waals surface area contributed by atoms with Gasteiger partial charge < -0.3 is 20.6 Å². The molecule has 0 aliphatic carbocycles. The lowest BCUT2D eigenvalue weighted by atomic mass is 9.87. The van der Waals surface area contributed by atoms with E-state index in [0.717, 1.165) is 45.3 Å². The number of amides is 1. The Morgan fingerprint density at radius 3 is 2.52 bits per heavy atom. The second-order valence-corrected chi connectivity index (χ2v) is 7.11. The zero-order chi connectivity index (χ0) is 18.9. The highest BCUT2D eigenvalue weighted by Gasteiger charge is 2.35. The molecule has 1 saturated heterocycles. The van der Waals surface area contributed by atoms with Crippen LogP contribution in [0, 0.1) is 5.92 Å². The molecule has 0 spiro atoms. The molecule has 1 fully saturated rings. The summed E-state index contributed by atoms with van der Waals surface area (Å²) >= 11 is 0. The molecule has 1 aliphatic heterocycles. The lowest BCUT2D eigenvalue weighted by molar-refractivity contribution is -0.144. The number of rotatable bonds is 11. The number of piperidine rings is 1. The Kier molecular flexibility index (Phi) is 9.50. The Bertz CT molecular complexity index is 432. The summed E-state index contributed by atoms with van der Waals surface area (Å²) in [5.74, 6) is -0.713. The SMILES string of the molecule is [B]CCCCC(N)(CCN1CCCC(C(=O)N(CC)CC)C1)C(=O)O. The van der Waals surface area contributed by atoms with Crippen molar-refractivity contribution < 1.29 is 14.7 Å². The first-order valence-electron chi connectivity index (χ1n) is 9.61. The summed E-state index contributed by atoms with van der Waals surface area (Å²) in [5, 5.41) is 9.50. The molecule has 0 aromatic carbocycles. The Labute approximate surface area is 153 Å². The molecule has 2 unspecified atom stereocenters. The van der Waals surface area contributed by atoms with Gasteiger partial charge in [-0.3, -0.25) is 9.59 Å². The summed E-state index contributed by atoms with van der Waals surface area (Å²) in [4.78, 5) is 28.2. The number of aliphatic carboxylic acids is 1. The van der Waals surface area contributed by atoms with E-state index in [1.54, 1.807) is 0 Å². The van der Waals surface area contributed by atoms with Crippen LogP contribution >= 0.6 is 0 Å². The van der Waals surface area contributed by atoms with Gasteiger partial charge in [0.15, 0.2) is 0 Å². The summed E-state index contributed by atoms with van der Waals surface area (Å²) < 4.78 is 0. The molecule has 142 valence electrons. The highest BCUT2D eigenvalue weighted by molar-refractivity contribution is 6.08. The molecule has 2 radical (unpaired) electrons. The smallest absolute Gasteiger partial charge is 0.323 e. The third-order valence-electron chi connectivity index (χ3n) is 5.31. The van der Waals surface area contributed by atoms with E-state index in [1.807, 2.05) is 18.7 Å². The van der Waals surface area contributed by atoms with Gasteiger partial charge in [0.05, 0.1) is 13.8 Å². The molecule has 2 atom stereocenters. The van der Waals surface area contributed by atoms with E-state index in [-0.39, 0.29) is 11.8 Å². The van der Waals surface area contributed by atoms with Gasteiger partial charge in [-0.05, 0) is 46.1 Å². The van der Waals surface area contributed by atoms with E-state index in [4.69, 9.17) is 13.6 Å². The lowest BCUT2D eigenvalue weighted by Crippen LogP contribution is -2.51. The van der Waals surface area contributed by atoms with Crippen LogP contribution in [0.2, 0.25) is 6.32 Å². The van der Waals surface area contributed by atoms with Crippen molar-refractivity contribution in [2.75, 3.05) is 32.7 Å². The van der Waals surface area contributed by atoms with Crippen LogP contribution in [0.5, 0.6) is 0 Å². The molecule has 1 heterocycles. The number of hydrogen-bond donors (Lipinski definition) is 2. The molecule has 1 aliphatic rings. The molecule has 6 nitrogen and oxygen atoms in total. The second kappa shape index (κ2) is 10.8. The third-order valence-corrected chi connectivity index (χ3v) is 5.31. The predicted molar refractivity (Wildman–Crippen MR) is 101 cm³/mol. The molecule has 25 heavy (non-hydrogen) atoms. The number of carbonyl (C=O) groups is 2. The topological polar surface area (TPSA) is 86.9 Å². The Morgan fingerprint density at radius 1 is 1.28 bits per heavy atom. The van der Waals surface area contributed by atoms with E-state index in [9.17, 15) is 14.7 Å². The summed E-state index contributed by atoms with van der Waals surface area (Å²) in [7, 11) is 5.48. The van der Waals surface area contributed by atoms with Gasteiger partial charge in [0.1, 0.15) is 5.54 Å². The fourth-order valence-corrected chi connectivity index (χ4v) is 3.53. The minimum atomic E-state index is -1.20. The molecule has 0 saturated carbocycles. The molecular weight excluding hydrogens is 317 g/mol. The minimum Gasteiger partial charge on any atom is -0.480 e. The fourth-order valence-electron chi connectivity index (χ4n) is 3.53. The Morgan fingerprint density at radius 2 is 1.96 bits per heavy atom. The maximum atomic E-state index is 12.6. The van der Waals surface area contributed by atoms with E-state index < -0.39 is 11.5 Å². The number of likely N-dealkylation sites (tertiary alicyclic amines) is 1. The number of unbranched alkanes of at least 4 members (excludes halogenated alkanes) is 1. The van der Waals surface area contributed by atoms with Crippen molar-refractivity contribution in [1.82, 2.24) is 9.80 Å². The number of hydrogen-bond acceptors (Lipinski definition) is 4. The summed E-state index contributed by atoms with van der Waals surface area (Å²) in [5.41, 5.74) is 4.94. The normalized spacial score (nSPS) is 20.8. The fraction of sp³-hybridized carbons (Fsp3) is 0.889. The van der Waals surface area contributed by atoms with Crippen molar-refractivity contribution in [2.24, 2.45) is 11.7 Å². The second-order valence-electron chi connectivity index (χ2n) is 7.11. The molecular formula is C18H34BN3O3. The van der Waals surface area contributed by atoms with Gasteiger partial charge >= 0.3 is 5.97 Å². The summed E-state index contributed by atoms with van der Waals surface area (Å²) in [6.07, 6.45) is 4.79. The number of nitrogens with two attached hydrogens (primary N) is 1. The average molecular weight is 351 g/mol. The highest BCUT2D eigenvalue weighted by Crippen LogP contribution is 2.22. The van der Waals surface area contributed by atoms with Gasteiger partial charge in [0.2, 0.25) is 5.91 Å². The van der Waals surface area contributed by atoms with Gasteiger partial charge in [-0.1, -0.05) is 19.2 Å². The molecule has 7 heteroatoms. The number of carboxylic acid groups (broad SMARTS) is 1. The van der Waals surface area contributed by atoms with Gasteiger partial charge in [-0.25, -0.2) is 0 Å². The lowest BCUT2D eigenvalue weighted by Gasteiger charge is -2.36. The first-order chi connectivity index (χ1) is 11.9. The predicted octanol–water partition coefficient (Wildman–Crippen LogP) is 1.50. The molecule has 0 bridgehead atoms. The van der Waals surface area contributed by atoms with Crippen LogP contribution in [0.15, 0.2) is 0 Å². The van der Waals surface area contributed by atoms with Crippen LogP contribution < -0.4 is 5.73 Å². The van der Waals surface area contributed by atoms with Crippen molar-refractivity contribution >= 4 is 19.7 Å². The number of nitrogens with zero attached hydrogens (tertiary/aromatic N) is 2. The first-order valence-corrected chi connectivity index (χ1v) is 9.61. The minimum absolute atomic E-state index is 0.0166. The van der Waals surface area contributed by atoms with Gasteiger partial charge in [0.25, 0.3) is 0 Å². The van der Waals surface area contributed by atoms with Crippen molar-refractivity contribution in [2.45, 2.75) is 64.2 Å². The van der Waals surface area contributed by atoms with Gasteiger partial charge in [-0.2, -0.15) is 0 Å². The molecule has 1 rings (SSSR count). The maximum Gasteiger partial charge on any atom is 0.323 e. The van der Waals surface area contributed by atoms with Crippen LogP contribution in [-0.4, -0.2) is 72.9 Å². The van der Waals surface area contributed by atoms with Crippen LogP contribution in [0.4, 0.5) is 0 Å². The standard InChI is InChI=1S/C18H34BN3O3/c1-3-22(4-2)16(23)15-8-7-12-21(14-15)13-10-18(20,17(24)25)9-5-6-11-19/h15H,3-14,20H2,1-2H3,(H,24,25). The van der Waals surface area contributed by atoms with E-state index >= 15 is 0 Å². The largest absolute Gasteiger partial charge is 0.480 e. The molecule has 0 aromatic rings. The van der Waals surface area contributed by atoms with Crippen molar-refractivity contribution in [1.29, 1.82) is 0 Å². The van der Waals surface area contributed by atoms with Gasteiger partial charge in [-0.15, -0.1) is 0 Å². The van der Waals surface area contributed by atoms with Crippen molar-refractivity contribution in [3.8, 4) is 0 Å². The van der Waals surface area contributed by atoms with Crippen LogP contribution in [0.25, 0.3) is 0 Å². The average Bonchev–Trinajstić information content (AvgIpc) is 2.61. The monoisotopic (exact) mass is 351 g/mol. The van der Waals surface area contributed by atoms with Crippen molar-refractivity contribution in [3.05, 3.63) is 0 Å².